The molecule has 0 aliphatic rings. The summed E-state index contributed by atoms with van der Waals surface area (Å²) in [4.78, 5) is 12.5. The summed E-state index contributed by atoms with van der Waals surface area (Å²) in [6.45, 7) is 1.29. The van der Waals surface area contributed by atoms with E-state index in [9.17, 15) is 4.79 Å². The zero-order chi connectivity index (χ0) is 11.6. The van der Waals surface area contributed by atoms with Gasteiger partial charge in [0, 0.05) is 23.6 Å². The molecule has 16 heavy (non-hydrogen) atoms. The molecule has 0 spiro atoms. The normalized spacial score (nSPS) is 10.1. The molecule has 0 atom stereocenters. The molecule has 0 unspecified atom stereocenters. The third kappa shape index (κ3) is 5.78. The van der Waals surface area contributed by atoms with Crippen molar-refractivity contribution in [2.45, 2.75) is 17.7 Å². The first kappa shape index (κ1) is 13.1. The minimum atomic E-state index is 0.0964. The first-order valence-corrected chi connectivity index (χ1v) is 6.46. The highest BCUT2D eigenvalue weighted by Gasteiger charge is 1.99. The minimum Gasteiger partial charge on any atom is -0.355 e. The van der Waals surface area contributed by atoms with Crippen molar-refractivity contribution in [2.75, 3.05) is 18.8 Å². The maximum Gasteiger partial charge on any atom is 0.220 e. The molecule has 3 N–H and O–H groups in total. The zero-order valence-electron chi connectivity index (χ0n) is 9.32. The second kappa shape index (κ2) is 8.19. The van der Waals surface area contributed by atoms with Crippen LogP contribution in [-0.4, -0.2) is 24.7 Å². The second-order valence-electron chi connectivity index (χ2n) is 3.40. The highest BCUT2D eigenvalue weighted by Crippen LogP contribution is 2.15. The number of thioether (sulfide) groups is 1. The number of carbonyl (C=O) groups excluding carboxylic acids is 1. The van der Waals surface area contributed by atoms with Crippen LogP contribution in [0.1, 0.15) is 12.8 Å². The molecule has 0 aromatic heterocycles. The van der Waals surface area contributed by atoms with Crippen LogP contribution in [-0.2, 0) is 4.79 Å². The molecule has 0 fully saturated rings. The van der Waals surface area contributed by atoms with E-state index in [1.165, 1.54) is 4.90 Å². The fraction of sp³-hybridized carbons (Fsp3) is 0.417. The lowest BCUT2D eigenvalue weighted by Gasteiger charge is -2.04. The maximum absolute atomic E-state index is 11.2. The number of hydrogen-bond acceptors (Lipinski definition) is 3. The molecule has 0 aliphatic carbocycles. The second-order valence-corrected chi connectivity index (χ2v) is 4.57. The Hall–Kier alpha value is -1.00. The summed E-state index contributed by atoms with van der Waals surface area (Å²) in [6, 6.07) is 10.2. The van der Waals surface area contributed by atoms with E-state index in [0.717, 1.165) is 12.2 Å². The Morgan fingerprint density at radius 3 is 2.75 bits per heavy atom. The molecule has 1 aromatic rings. The SMILES string of the molecule is NCCCC(=O)NCCSc1ccccc1. The van der Waals surface area contributed by atoms with Gasteiger partial charge in [-0.15, -0.1) is 11.8 Å². The highest BCUT2D eigenvalue weighted by atomic mass is 32.2. The smallest absolute Gasteiger partial charge is 0.220 e. The monoisotopic (exact) mass is 238 g/mol. The van der Waals surface area contributed by atoms with E-state index in [0.29, 0.717) is 19.5 Å². The van der Waals surface area contributed by atoms with Crippen molar-refractivity contribution in [1.82, 2.24) is 5.32 Å². The van der Waals surface area contributed by atoms with E-state index in [-0.39, 0.29) is 5.91 Å². The molecular weight excluding hydrogens is 220 g/mol. The summed E-state index contributed by atoms with van der Waals surface area (Å²) in [7, 11) is 0. The van der Waals surface area contributed by atoms with Crippen LogP contribution >= 0.6 is 11.8 Å². The topological polar surface area (TPSA) is 55.1 Å². The Morgan fingerprint density at radius 1 is 1.31 bits per heavy atom. The Bertz CT molecular complexity index is 303. The van der Waals surface area contributed by atoms with Crippen molar-refractivity contribution >= 4 is 17.7 Å². The Kier molecular flexibility index (Phi) is 6.69. The number of nitrogens with two attached hydrogens (primary N) is 1. The molecule has 0 radical (unpaired) electrons. The van der Waals surface area contributed by atoms with E-state index in [4.69, 9.17) is 5.73 Å². The van der Waals surface area contributed by atoms with Crippen molar-refractivity contribution in [3.8, 4) is 0 Å². The van der Waals surface area contributed by atoms with E-state index in [1.807, 2.05) is 18.2 Å². The van der Waals surface area contributed by atoms with Gasteiger partial charge in [0.05, 0.1) is 0 Å². The fourth-order valence-electron chi connectivity index (χ4n) is 1.23. The largest absolute Gasteiger partial charge is 0.355 e. The van der Waals surface area contributed by atoms with Gasteiger partial charge in [-0.25, -0.2) is 0 Å². The van der Waals surface area contributed by atoms with Crippen LogP contribution < -0.4 is 11.1 Å². The molecule has 1 amide bonds. The summed E-state index contributed by atoms with van der Waals surface area (Å²) in [5.74, 6) is 0.998. The number of amides is 1. The van der Waals surface area contributed by atoms with Crippen molar-refractivity contribution in [1.29, 1.82) is 0 Å². The van der Waals surface area contributed by atoms with Gasteiger partial charge < -0.3 is 11.1 Å². The van der Waals surface area contributed by atoms with E-state index in [1.54, 1.807) is 11.8 Å². The summed E-state index contributed by atoms with van der Waals surface area (Å²) >= 11 is 1.75. The van der Waals surface area contributed by atoms with Gasteiger partial charge >= 0.3 is 0 Å². The van der Waals surface area contributed by atoms with Gasteiger partial charge in [0.15, 0.2) is 0 Å². The molecule has 0 aliphatic heterocycles. The molecule has 0 bridgehead atoms. The van der Waals surface area contributed by atoms with Crippen LogP contribution in [0, 0.1) is 0 Å². The average molecular weight is 238 g/mol. The molecule has 1 aromatic carbocycles. The van der Waals surface area contributed by atoms with Crippen LogP contribution in [0.15, 0.2) is 35.2 Å². The first-order chi connectivity index (χ1) is 7.83. The van der Waals surface area contributed by atoms with Crippen LogP contribution in [0.3, 0.4) is 0 Å². The molecule has 0 saturated carbocycles. The van der Waals surface area contributed by atoms with Crippen molar-refractivity contribution in [3.05, 3.63) is 30.3 Å². The van der Waals surface area contributed by atoms with E-state index < -0.39 is 0 Å². The molecule has 1 rings (SSSR count). The predicted molar refractivity (Wildman–Crippen MR) is 68.5 cm³/mol. The minimum absolute atomic E-state index is 0.0964. The molecule has 4 heteroatoms. The fourth-order valence-corrected chi connectivity index (χ4v) is 2.02. The molecule has 0 heterocycles. The molecule has 88 valence electrons. The quantitative estimate of drug-likeness (QED) is 0.561. The van der Waals surface area contributed by atoms with Gasteiger partial charge in [0.25, 0.3) is 0 Å². The summed E-state index contributed by atoms with van der Waals surface area (Å²) in [5, 5.41) is 2.87. The molecule has 0 saturated heterocycles. The highest BCUT2D eigenvalue weighted by molar-refractivity contribution is 7.99. The summed E-state index contributed by atoms with van der Waals surface area (Å²) in [5.41, 5.74) is 5.32. The van der Waals surface area contributed by atoms with Gasteiger partial charge in [-0.3, -0.25) is 4.79 Å². The Balaban J connectivity index is 2.06. The van der Waals surface area contributed by atoms with Gasteiger partial charge in [-0.2, -0.15) is 0 Å². The lowest BCUT2D eigenvalue weighted by atomic mass is 10.3. The number of benzene rings is 1. The number of hydrogen-bond donors (Lipinski definition) is 2. The van der Waals surface area contributed by atoms with Crippen LogP contribution in [0.5, 0.6) is 0 Å². The van der Waals surface area contributed by atoms with Gasteiger partial charge in [-0.1, -0.05) is 18.2 Å². The molecule has 3 nitrogen and oxygen atoms in total. The van der Waals surface area contributed by atoms with Gasteiger partial charge in [0.1, 0.15) is 0 Å². The van der Waals surface area contributed by atoms with E-state index in [2.05, 4.69) is 17.4 Å². The maximum atomic E-state index is 11.2. The van der Waals surface area contributed by atoms with Gasteiger partial charge in [0.2, 0.25) is 5.91 Å². The zero-order valence-corrected chi connectivity index (χ0v) is 10.1. The van der Waals surface area contributed by atoms with Crippen molar-refractivity contribution in [2.24, 2.45) is 5.73 Å². The Morgan fingerprint density at radius 2 is 2.06 bits per heavy atom. The molecular formula is C12H18N2OS. The van der Waals surface area contributed by atoms with Crippen LogP contribution in [0.25, 0.3) is 0 Å². The van der Waals surface area contributed by atoms with Crippen LogP contribution in [0.2, 0.25) is 0 Å². The third-order valence-electron chi connectivity index (χ3n) is 2.04. The van der Waals surface area contributed by atoms with Crippen molar-refractivity contribution < 1.29 is 4.79 Å². The summed E-state index contributed by atoms with van der Waals surface area (Å²) < 4.78 is 0. The van der Waals surface area contributed by atoms with E-state index >= 15 is 0 Å². The number of rotatable bonds is 7. The standard InChI is InChI=1S/C12H18N2OS/c13-8-4-7-12(15)14-9-10-16-11-5-2-1-3-6-11/h1-3,5-6H,4,7-10,13H2,(H,14,15). The van der Waals surface area contributed by atoms with Crippen LogP contribution in [0.4, 0.5) is 0 Å². The predicted octanol–water partition coefficient (Wildman–Crippen LogP) is 1.63. The summed E-state index contributed by atoms with van der Waals surface area (Å²) in [6.07, 6.45) is 1.30. The lowest BCUT2D eigenvalue weighted by Crippen LogP contribution is -2.25. The number of carbonyl (C=O) groups is 1. The number of nitrogens with one attached hydrogen (secondary N) is 1. The average Bonchev–Trinajstić information content (AvgIpc) is 2.33. The van der Waals surface area contributed by atoms with Gasteiger partial charge in [-0.05, 0) is 25.1 Å². The third-order valence-corrected chi connectivity index (χ3v) is 3.06. The Labute approximate surface area is 101 Å². The first-order valence-electron chi connectivity index (χ1n) is 5.47. The van der Waals surface area contributed by atoms with Crippen molar-refractivity contribution in [3.63, 3.8) is 0 Å². The lowest BCUT2D eigenvalue weighted by molar-refractivity contribution is -0.121.